The predicted molar refractivity (Wildman–Crippen MR) is 165 cm³/mol. The maximum Gasteiger partial charge on any atom is 0.328 e. The molecule has 0 heterocycles. The number of nitrogens with two attached hydrogens (primary N) is 2. The van der Waals surface area contributed by atoms with Crippen LogP contribution in [0.1, 0.15) is 38.3 Å². The Balaban J connectivity index is 2.21. The Morgan fingerprint density at radius 3 is 1.91 bits per heavy atom. The lowest BCUT2D eigenvalue weighted by atomic mass is 10.00. The number of phenols is 1. The minimum absolute atomic E-state index is 0.00748. The SMILES string of the molecule is CC(C)[C@H](NC(=O)[C@H](CC(N)=O)NC(=O)[C@@H](N)CO)C(=O)N[C@@H](Cc1ccc(O)cc1)C(=O)N[C@@H](C)C(=O)OCc1ccccc1. The highest BCUT2D eigenvalue weighted by Gasteiger charge is 2.33. The van der Waals surface area contributed by atoms with E-state index in [-0.39, 0.29) is 18.8 Å². The van der Waals surface area contributed by atoms with Gasteiger partial charge >= 0.3 is 5.97 Å². The molecule has 2 aromatic carbocycles. The number of carbonyl (C=O) groups is 6. The van der Waals surface area contributed by atoms with E-state index in [0.717, 1.165) is 5.56 Å². The van der Waals surface area contributed by atoms with Crippen LogP contribution in [0.5, 0.6) is 5.75 Å². The Morgan fingerprint density at radius 1 is 0.761 bits per heavy atom. The molecule has 0 spiro atoms. The van der Waals surface area contributed by atoms with Crippen LogP contribution in [0.2, 0.25) is 0 Å². The van der Waals surface area contributed by atoms with Gasteiger partial charge in [-0.3, -0.25) is 24.0 Å². The van der Waals surface area contributed by atoms with Crippen molar-refractivity contribution in [3.8, 4) is 5.75 Å². The van der Waals surface area contributed by atoms with Crippen LogP contribution in [0.3, 0.4) is 0 Å². The summed E-state index contributed by atoms with van der Waals surface area (Å²) in [7, 11) is 0. The fourth-order valence-corrected chi connectivity index (χ4v) is 4.13. The van der Waals surface area contributed by atoms with Crippen LogP contribution in [0, 0.1) is 5.92 Å². The highest BCUT2D eigenvalue weighted by Crippen LogP contribution is 2.13. The zero-order valence-corrected chi connectivity index (χ0v) is 25.9. The van der Waals surface area contributed by atoms with Crippen LogP contribution in [0.4, 0.5) is 0 Å². The third-order valence-electron chi connectivity index (χ3n) is 6.76. The minimum atomic E-state index is -1.50. The number of hydrogen-bond acceptors (Lipinski definition) is 10. The van der Waals surface area contributed by atoms with Gasteiger partial charge in [-0.05, 0) is 36.1 Å². The number of esters is 1. The fraction of sp³-hybridized carbons (Fsp3) is 0.419. The summed E-state index contributed by atoms with van der Waals surface area (Å²) in [4.78, 5) is 76.4. The second kappa shape index (κ2) is 18.1. The number of hydrogen-bond donors (Lipinski definition) is 8. The number of carbonyl (C=O) groups excluding carboxylic acids is 6. The summed E-state index contributed by atoms with van der Waals surface area (Å²) in [6.07, 6.45) is -0.673. The van der Waals surface area contributed by atoms with Crippen molar-refractivity contribution in [1.29, 1.82) is 0 Å². The third-order valence-corrected chi connectivity index (χ3v) is 6.76. The lowest BCUT2D eigenvalue weighted by Gasteiger charge is -2.28. The molecule has 0 saturated carbocycles. The van der Waals surface area contributed by atoms with E-state index in [0.29, 0.717) is 5.56 Å². The summed E-state index contributed by atoms with van der Waals surface area (Å²) in [5.74, 6) is -5.54. The molecule has 15 heteroatoms. The molecule has 0 unspecified atom stereocenters. The summed E-state index contributed by atoms with van der Waals surface area (Å²) in [6.45, 7) is 3.94. The molecule has 0 fully saturated rings. The lowest BCUT2D eigenvalue weighted by Crippen LogP contribution is -2.60. The molecule has 10 N–H and O–H groups in total. The van der Waals surface area contributed by atoms with E-state index in [1.54, 1.807) is 50.2 Å². The first-order valence-electron chi connectivity index (χ1n) is 14.6. The van der Waals surface area contributed by atoms with Crippen molar-refractivity contribution in [2.24, 2.45) is 17.4 Å². The molecule has 0 aliphatic heterocycles. The summed E-state index contributed by atoms with van der Waals surface area (Å²) in [5.41, 5.74) is 12.0. The molecule has 0 aliphatic carbocycles. The number of amides is 5. The average Bonchev–Trinajstić information content (AvgIpc) is 3.02. The predicted octanol–water partition coefficient (Wildman–Crippen LogP) is -1.51. The number of aliphatic hydroxyl groups excluding tert-OH is 1. The molecule has 0 aliphatic rings. The van der Waals surface area contributed by atoms with Gasteiger partial charge in [0.05, 0.1) is 13.0 Å². The van der Waals surface area contributed by atoms with Gasteiger partial charge in [0, 0.05) is 6.42 Å². The molecule has 2 aromatic rings. The molecule has 2 rings (SSSR count). The summed E-state index contributed by atoms with van der Waals surface area (Å²) in [6, 6.07) is 8.40. The molecular weight excluding hydrogens is 600 g/mol. The normalized spacial score (nSPS) is 14.1. The molecule has 250 valence electrons. The third kappa shape index (κ3) is 12.2. The van der Waals surface area contributed by atoms with Gasteiger partial charge < -0.3 is 47.7 Å². The standard InChI is InChI=1S/C31H42N6O9/c1-17(2)26(37-29(43)24(14-25(33)40)35-27(41)22(32)15-38)30(44)36-23(13-19-9-11-21(39)12-10-19)28(42)34-18(3)31(45)46-16-20-7-5-4-6-8-20/h4-12,17-18,22-24,26,38-39H,13-16,32H2,1-3H3,(H2,33,40)(H,34,42)(H,35,41)(H,36,44)(H,37,43)/t18-,22-,23-,24-,26-/m0/s1. The quantitative estimate of drug-likeness (QED) is 0.0926. The molecule has 0 radical (unpaired) electrons. The molecular formula is C31H42N6O9. The van der Waals surface area contributed by atoms with Gasteiger partial charge in [0.25, 0.3) is 0 Å². The number of ether oxygens (including phenoxy) is 1. The molecule has 5 atom stereocenters. The highest BCUT2D eigenvalue weighted by atomic mass is 16.5. The lowest BCUT2D eigenvalue weighted by molar-refractivity contribution is -0.148. The van der Waals surface area contributed by atoms with Crippen molar-refractivity contribution < 1.29 is 43.7 Å². The van der Waals surface area contributed by atoms with Gasteiger partial charge in [-0.2, -0.15) is 0 Å². The second-order valence-electron chi connectivity index (χ2n) is 11.0. The second-order valence-corrected chi connectivity index (χ2v) is 11.0. The van der Waals surface area contributed by atoms with E-state index in [1.165, 1.54) is 19.1 Å². The molecule has 5 amide bonds. The van der Waals surface area contributed by atoms with Gasteiger partial charge in [0.15, 0.2) is 0 Å². The van der Waals surface area contributed by atoms with Gasteiger partial charge in [-0.25, -0.2) is 4.79 Å². The van der Waals surface area contributed by atoms with E-state index in [2.05, 4.69) is 21.3 Å². The average molecular weight is 643 g/mol. The first kappa shape index (κ1) is 37.2. The van der Waals surface area contributed by atoms with Gasteiger partial charge in [0.1, 0.15) is 42.6 Å². The smallest absolute Gasteiger partial charge is 0.328 e. The molecule has 15 nitrogen and oxygen atoms in total. The van der Waals surface area contributed by atoms with Crippen molar-refractivity contribution in [3.05, 3.63) is 65.7 Å². The van der Waals surface area contributed by atoms with Crippen LogP contribution < -0.4 is 32.7 Å². The number of primary amides is 1. The monoisotopic (exact) mass is 642 g/mol. The Kier molecular flexibility index (Phi) is 14.6. The number of aliphatic hydroxyl groups is 1. The molecule has 46 heavy (non-hydrogen) atoms. The Hall–Kier alpha value is -5.02. The first-order valence-corrected chi connectivity index (χ1v) is 14.6. The number of aromatic hydroxyl groups is 1. The number of phenolic OH excluding ortho intramolecular Hbond substituents is 1. The summed E-state index contributed by atoms with van der Waals surface area (Å²) in [5, 5.41) is 28.7. The van der Waals surface area contributed by atoms with Gasteiger partial charge in [0.2, 0.25) is 29.5 Å². The van der Waals surface area contributed by atoms with Gasteiger partial charge in [-0.15, -0.1) is 0 Å². The van der Waals surface area contributed by atoms with Crippen LogP contribution in [0.15, 0.2) is 54.6 Å². The maximum absolute atomic E-state index is 13.5. The minimum Gasteiger partial charge on any atom is -0.508 e. The maximum atomic E-state index is 13.5. The molecule has 0 aromatic heterocycles. The molecule has 0 saturated heterocycles. The first-order chi connectivity index (χ1) is 21.7. The van der Waals surface area contributed by atoms with E-state index in [9.17, 15) is 33.9 Å². The van der Waals surface area contributed by atoms with Crippen molar-refractivity contribution in [2.75, 3.05) is 6.61 Å². The van der Waals surface area contributed by atoms with Crippen LogP contribution in [-0.2, 0) is 46.5 Å². The number of nitrogens with one attached hydrogen (secondary N) is 4. The topological polar surface area (TPSA) is 252 Å². The highest BCUT2D eigenvalue weighted by molar-refractivity contribution is 5.97. The zero-order valence-electron chi connectivity index (χ0n) is 25.9. The van der Waals surface area contributed by atoms with Crippen LogP contribution in [0.25, 0.3) is 0 Å². The number of rotatable bonds is 17. The zero-order chi connectivity index (χ0) is 34.4. The van der Waals surface area contributed by atoms with E-state index in [1.807, 2.05) is 6.07 Å². The fourth-order valence-electron chi connectivity index (χ4n) is 4.13. The Morgan fingerprint density at radius 2 is 1.35 bits per heavy atom. The largest absolute Gasteiger partial charge is 0.508 e. The van der Waals surface area contributed by atoms with E-state index >= 15 is 0 Å². The van der Waals surface area contributed by atoms with E-state index < -0.39 is 84.7 Å². The summed E-state index contributed by atoms with van der Waals surface area (Å²) >= 11 is 0. The van der Waals surface area contributed by atoms with Crippen molar-refractivity contribution in [1.82, 2.24) is 21.3 Å². The van der Waals surface area contributed by atoms with Gasteiger partial charge in [-0.1, -0.05) is 56.3 Å². The van der Waals surface area contributed by atoms with Crippen LogP contribution in [-0.4, -0.2) is 82.5 Å². The van der Waals surface area contributed by atoms with Crippen molar-refractivity contribution >= 4 is 35.5 Å². The van der Waals surface area contributed by atoms with Crippen molar-refractivity contribution in [2.45, 2.75) is 70.4 Å². The van der Waals surface area contributed by atoms with Crippen molar-refractivity contribution in [3.63, 3.8) is 0 Å². The number of benzene rings is 2. The Labute approximate surface area is 266 Å². The van der Waals surface area contributed by atoms with E-state index in [4.69, 9.17) is 21.3 Å². The summed E-state index contributed by atoms with van der Waals surface area (Å²) < 4.78 is 5.29. The Bertz CT molecular complexity index is 1350. The van der Waals surface area contributed by atoms with Crippen LogP contribution >= 0.6 is 0 Å². The molecule has 0 bridgehead atoms.